The van der Waals surface area contributed by atoms with Crippen LogP contribution in [0.25, 0.3) is 6.08 Å². The average Bonchev–Trinajstić information content (AvgIpc) is 2.58. The second-order valence-corrected chi connectivity index (χ2v) is 3.49. The molecular weight excluding hydrogens is 216 g/mol. The van der Waals surface area contributed by atoms with E-state index in [1.807, 2.05) is 0 Å². The zero-order valence-electron chi connectivity index (χ0n) is 7.74. The SMILES string of the molecule is C=Cc1cc2c(cc1[N+](=O)[O-])CN=C2Cl. The lowest BCUT2D eigenvalue weighted by Crippen LogP contribution is -1.97. The van der Waals surface area contributed by atoms with Crippen molar-refractivity contribution >= 4 is 28.5 Å². The van der Waals surface area contributed by atoms with Crippen molar-refractivity contribution in [2.45, 2.75) is 6.54 Å². The molecule has 4 nitrogen and oxygen atoms in total. The molecule has 0 bridgehead atoms. The Morgan fingerprint density at radius 2 is 2.33 bits per heavy atom. The van der Waals surface area contributed by atoms with Crippen LogP contribution >= 0.6 is 11.6 Å². The van der Waals surface area contributed by atoms with Crippen LogP contribution in [-0.2, 0) is 6.54 Å². The fourth-order valence-electron chi connectivity index (χ4n) is 1.53. The fourth-order valence-corrected chi connectivity index (χ4v) is 1.77. The molecule has 2 rings (SSSR count). The van der Waals surface area contributed by atoms with Crippen molar-refractivity contribution in [3.8, 4) is 0 Å². The highest BCUT2D eigenvalue weighted by Gasteiger charge is 2.21. The van der Waals surface area contributed by atoms with E-state index in [1.54, 1.807) is 6.07 Å². The van der Waals surface area contributed by atoms with E-state index < -0.39 is 4.92 Å². The summed E-state index contributed by atoms with van der Waals surface area (Å²) in [6.45, 7) is 3.95. The molecule has 1 aromatic carbocycles. The van der Waals surface area contributed by atoms with Crippen molar-refractivity contribution in [2.75, 3.05) is 0 Å². The van der Waals surface area contributed by atoms with Crippen molar-refractivity contribution < 1.29 is 4.92 Å². The van der Waals surface area contributed by atoms with Gasteiger partial charge >= 0.3 is 0 Å². The Morgan fingerprint density at radius 1 is 1.60 bits per heavy atom. The highest BCUT2D eigenvalue weighted by atomic mass is 35.5. The summed E-state index contributed by atoms with van der Waals surface area (Å²) in [6, 6.07) is 3.16. The van der Waals surface area contributed by atoms with Gasteiger partial charge in [-0.25, -0.2) is 0 Å². The maximum atomic E-state index is 10.7. The smallest absolute Gasteiger partial charge is 0.268 e. The Hall–Kier alpha value is -1.68. The molecule has 0 atom stereocenters. The van der Waals surface area contributed by atoms with Gasteiger partial charge in [-0.3, -0.25) is 15.1 Å². The van der Waals surface area contributed by atoms with Gasteiger partial charge in [-0.15, -0.1) is 0 Å². The highest BCUT2D eigenvalue weighted by Crippen LogP contribution is 2.29. The van der Waals surface area contributed by atoms with Crippen LogP contribution in [0, 0.1) is 10.1 Å². The van der Waals surface area contributed by atoms with Gasteiger partial charge in [0.2, 0.25) is 0 Å². The number of aliphatic imine (C=N–C) groups is 1. The molecule has 1 aliphatic rings. The second kappa shape index (κ2) is 3.47. The summed E-state index contributed by atoms with van der Waals surface area (Å²) in [5.74, 6) is 0. The number of fused-ring (bicyclic) bond motifs is 1. The second-order valence-electron chi connectivity index (χ2n) is 3.14. The molecule has 0 saturated heterocycles. The Bertz CT molecular complexity index is 494. The maximum Gasteiger partial charge on any atom is 0.276 e. The first kappa shape index (κ1) is 9.86. The number of benzene rings is 1. The van der Waals surface area contributed by atoms with E-state index >= 15 is 0 Å². The third-order valence-corrected chi connectivity index (χ3v) is 2.60. The molecule has 0 aromatic heterocycles. The van der Waals surface area contributed by atoms with Crippen LogP contribution in [0.4, 0.5) is 5.69 Å². The largest absolute Gasteiger partial charge is 0.276 e. The molecule has 1 aliphatic heterocycles. The quantitative estimate of drug-likeness (QED) is 0.571. The van der Waals surface area contributed by atoms with Crippen LogP contribution in [0.1, 0.15) is 16.7 Å². The van der Waals surface area contributed by atoms with Gasteiger partial charge in [0.25, 0.3) is 5.69 Å². The zero-order valence-corrected chi connectivity index (χ0v) is 8.49. The molecule has 1 aromatic rings. The van der Waals surface area contributed by atoms with Crippen LogP contribution in [0.3, 0.4) is 0 Å². The number of nitro benzene ring substituents is 1. The molecule has 0 amide bonds. The van der Waals surface area contributed by atoms with Gasteiger partial charge in [-0.05, 0) is 11.6 Å². The summed E-state index contributed by atoms with van der Waals surface area (Å²) in [5.41, 5.74) is 2.06. The first-order valence-electron chi connectivity index (χ1n) is 4.27. The lowest BCUT2D eigenvalue weighted by Gasteiger charge is -2.02. The van der Waals surface area contributed by atoms with Crippen LogP contribution in [0.5, 0.6) is 0 Å². The molecule has 0 radical (unpaired) electrons. The Labute approximate surface area is 91.0 Å². The van der Waals surface area contributed by atoms with Crippen molar-refractivity contribution in [2.24, 2.45) is 4.99 Å². The molecule has 0 fully saturated rings. The topological polar surface area (TPSA) is 55.5 Å². The minimum absolute atomic E-state index is 0.0466. The third kappa shape index (κ3) is 1.53. The summed E-state index contributed by atoms with van der Waals surface area (Å²) >= 11 is 5.85. The van der Waals surface area contributed by atoms with E-state index in [0.717, 1.165) is 11.1 Å². The normalized spacial score (nSPS) is 13.3. The Balaban J connectivity index is 2.64. The van der Waals surface area contributed by atoms with Crippen molar-refractivity contribution in [3.63, 3.8) is 0 Å². The molecule has 15 heavy (non-hydrogen) atoms. The molecule has 0 N–H and O–H groups in total. The van der Waals surface area contributed by atoms with E-state index in [9.17, 15) is 10.1 Å². The first-order chi connectivity index (χ1) is 7.13. The van der Waals surface area contributed by atoms with Crippen LogP contribution in [0.2, 0.25) is 0 Å². The number of rotatable bonds is 2. The molecule has 0 spiro atoms. The Kier molecular flexibility index (Phi) is 2.28. The zero-order chi connectivity index (χ0) is 11.0. The van der Waals surface area contributed by atoms with E-state index in [4.69, 9.17) is 11.6 Å². The molecule has 5 heteroatoms. The van der Waals surface area contributed by atoms with Gasteiger partial charge in [-0.1, -0.05) is 24.3 Å². The van der Waals surface area contributed by atoms with Gasteiger partial charge in [-0.2, -0.15) is 0 Å². The lowest BCUT2D eigenvalue weighted by atomic mass is 10.0. The van der Waals surface area contributed by atoms with Crippen LogP contribution < -0.4 is 0 Å². The summed E-state index contributed by atoms with van der Waals surface area (Å²) in [7, 11) is 0. The van der Waals surface area contributed by atoms with Crippen molar-refractivity contribution in [3.05, 3.63) is 45.5 Å². The molecule has 0 aliphatic carbocycles. The number of hydrogen-bond donors (Lipinski definition) is 0. The minimum Gasteiger partial charge on any atom is -0.268 e. The standard InChI is InChI=1S/C10H7ClN2O2/c1-2-6-3-8-7(5-12-10(8)11)4-9(6)13(14)15/h2-4H,1,5H2. The molecule has 76 valence electrons. The first-order valence-corrected chi connectivity index (χ1v) is 4.65. The predicted molar refractivity (Wildman–Crippen MR) is 59.3 cm³/mol. The monoisotopic (exact) mass is 222 g/mol. The van der Waals surface area contributed by atoms with E-state index in [-0.39, 0.29) is 5.69 Å². The number of nitro groups is 1. The highest BCUT2D eigenvalue weighted by molar-refractivity contribution is 6.70. The summed E-state index contributed by atoms with van der Waals surface area (Å²) in [4.78, 5) is 14.3. The van der Waals surface area contributed by atoms with Gasteiger partial charge in [0, 0.05) is 11.6 Å². The lowest BCUT2D eigenvalue weighted by molar-refractivity contribution is -0.385. The summed E-state index contributed by atoms with van der Waals surface area (Å²) < 4.78 is 0. The van der Waals surface area contributed by atoms with Gasteiger partial charge in [0.05, 0.1) is 17.0 Å². The Morgan fingerprint density at radius 3 is 2.93 bits per heavy atom. The minimum atomic E-state index is -0.427. The number of nitrogens with zero attached hydrogens (tertiary/aromatic N) is 2. The van der Waals surface area contributed by atoms with Crippen molar-refractivity contribution in [1.29, 1.82) is 0 Å². The molecule has 0 unspecified atom stereocenters. The predicted octanol–water partition coefficient (Wildman–Crippen LogP) is 2.74. The third-order valence-electron chi connectivity index (χ3n) is 2.28. The maximum absolute atomic E-state index is 10.7. The number of halogens is 1. The van der Waals surface area contributed by atoms with E-state index in [1.165, 1.54) is 12.1 Å². The van der Waals surface area contributed by atoms with Crippen LogP contribution in [-0.4, -0.2) is 10.1 Å². The van der Waals surface area contributed by atoms with Crippen LogP contribution in [0.15, 0.2) is 23.7 Å². The molecule has 0 saturated carbocycles. The average molecular weight is 223 g/mol. The summed E-state index contributed by atoms with van der Waals surface area (Å²) in [5, 5.41) is 11.2. The van der Waals surface area contributed by atoms with Gasteiger partial charge in [0.15, 0.2) is 0 Å². The van der Waals surface area contributed by atoms with E-state index in [0.29, 0.717) is 17.3 Å². The van der Waals surface area contributed by atoms with Gasteiger partial charge < -0.3 is 0 Å². The van der Waals surface area contributed by atoms with E-state index in [2.05, 4.69) is 11.6 Å². The number of hydrogen-bond acceptors (Lipinski definition) is 3. The fraction of sp³-hybridized carbons (Fsp3) is 0.100. The van der Waals surface area contributed by atoms with Gasteiger partial charge in [0.1, 0.15) is 5.17 Å². The summed E-state index contributed by atoms with van der Waals surface area (Å²) in [6.07, 6.45) is 1.45. The molecule has 1 heterocycles. The van der Waals surface area contributed by atoms with Crippen molar-refractivity contribution in [1.82, 2.24) is 0 Å². The molecular formula is C10H7ClN2O2.